The van der Waals surface area contributed by atoms with E-state index in [1.165, 1.54) is 11.3 Å². The maximum absolute atomic E-state index is 8.93. The van der Waals surface area contributed by atoms with E-state index in [1.807, 2.05) is 25.6 Å². The predicted molar refractivity (Wildman–Crippen MR) is 77.5 cm³/mol. The lowest BCUT2D eigenvalue weighted by Gasteiger charge is -2.14. The van der Waals surface area contributed by atoms with Crippen molar-refractivity contribution >= 4 is 0 Å². The Morgan fingerprint density at radius 1 is 1.42 bits per heavy atom. The lowest BCUT2D eigenvalue weighted by molar-refractivity contribution is 0.422. The average Bonchev–Trinajstić information content (AvgIpc) is 2.74. The molecule has 19 heavy (non-hydrogen) atoms. The normalized spacial score (nSPS) is 11.5. The van der Waals surface area contributed by atoms with Gasteiger partial charge in [0.15, 0.2) is 0 Å². The van der Waals surface area contributed by atoms with Gasteiger partial charge in [0.1, 0.15) is 0 Å². The number of aryl methyl sites for hydroxylation is 2. The van der Waals surface area contributed by atoms with E-state index in [0.29, 0.717) is 0 Å². The largest absolute Gasteiger partial charge is 0.313 e. The zero-order valence-corrected chi connectivity index (χ0v) is 12.7. The number of hydrogen-bond acceptors (Lipinski definition) is 3. The first-order valence-corrected chi connectivity index (χ1v) is 7.12. The number of rotatable bonds is 8. The summed E-state index contributed by atoms with van der Waals surface area (Å²) in [4.78, 5) is 0. The summed E-state index contributed by atoms with van der Waals surface area (Å²) in [5.41, 5.74) is 2.29. The summed E-state index contributed by atoms with van der Waals surface area (Å²) in [6.07, 6.45) is 6.26. The first-order chi connectivity index (χ1) is 8.98. The van der Waals surface area contributed by atoms with Crippen molar-refractivity contribution in [2.45, 2.75) is 53.0 Å². The van der Waals surface area contributed by atoms with E-state index < -0.39 is 0 Å². The molecule has 0 saturated heterocycles. The van der Waals surface area contributed by atoms with Crippen molar-refractivity contribution in [1.29, 1.82) is 5.26 Å². The maximum atomic E-state index is 8.93. The summed E-state index contributed by atoms with van der Waals surface area (Å²) >= 11 is 0. The van der Waals surface area contributed by atoms with Gasteiger partial charge in [-0.1, -0.05) is 13.3 Å². The number of aromatic nitrogens is 2. The highest BCUT2D eigenvalue weighted by atomic mass is 15.3. The summed E-state index contributed by atoms with van der Waals surface area (Å²) in [7, 11) is 1.96. The highest BCUT2D eigenvalue weighted by Crippen LogP contribution is 2.21. The Morgan fingerprint density at radius 3 is 2.79 bits per heavy atom. The van der Waals surface area contributed by atoms with Gasteiger partial charge in [0.05, 0.1) is 17.2 Å². The van der Waals surface area contributed by atoms with E-state index in [4.69, 9.17) is 5.26 Å². The molecule has 1 N–H and O–H groups in total. The average molecular weight is 262 g/mol. The fraction of sp³-hybridized carbons (Fsp3) is 0.733. The second kappa shape index (κ2) is 7.30. The number of nitrogens with one attached hydrogen (secondary N) is 1. The van der Waals surface area contributed by atoms with Crippen molar-refractivity contribution in [3.63, 3.8) is 0 Å². The third kappa shape index (κ3) is 5.44. The fourth-order valence-corrected chi connectivity index (χ4v) is 2.12. The Bertz CT molecular complexity index is 426. The summed E-state index contributed by atoms with van der Waals surface area (Å²) < 4.78 is 1.88. The standard InChI is InChI=1S/C15H26N4/c1-5-14-13(11-19(4)18-14)10-17-9-7-6-8-15(2,3)12-16/h11,17H,5-10H2,1-4H3. The van der Waals surface area contributed by atoms with Crippen molar-refractivity contribution in [2.24, 2.45) is 12.5 Å². The molecule has 0 aliphatic rings. The minimum absolute atomic E-state index is 0.182. The minimum Gasteiger partial charge on any atom is -0.313 e. The van der Waals surface area contributed by atoms with Gasteiger partial charge < -0.3 is 5.32 Å². The molecule has 0 aliphatic heterocycles. The lowest BCUT2D eigenvalue weighted by atomic mass is 9.89. The summed E-state index contributed by atoms with van der Waals surface area (Å²) in [5.74, 6) is 0. The highest BCUT2D eigenvalue weighted by Gasteiger charge is 2.15. The molecule has 1 aromatic rings. The number of unbranched alkanes of at least 4 members (excludes halogenated alkanes) is 1. The van der Waals surface area contributed by atoms with Crippen molar-refractivity contribution in [1.82, 2.24) is 15.1 Å². The molecule has 0 radical (unpaired) electrons. The van der Waals surface area contributed by atoms with Crippen LogP contribution in [0.1, 0.15) is 51.3 Å². The summed E-state index contributed by atoms with van der Waals surface area (Å²) in [6, 6.07) is 2.34. The van der Waals surface area contributed by atoms with Gasteiger partial charge in [0, 0.05) is 25.4 Å². The van der Waals surface area contributed by atoms with Crippen LogP contribution in [0.3, 0.4) is 0 Å². The molecule has 4 nitrogen and oxygen atoms in total. The van der Waals surface area contributed by atoms with Gasteiger partial charge in [-0.2, -0.15) is 10.4 Å². The van der Waals surface area contributed by atoms with Crippen molar-refractivity contribution < 1.29 is 0 Å². The van der Waals surface area contributed by atoms with E-state index in [0.717, 1.165) is 38.8 Å². The van der Waals surface area contributed by atoms with Crippen LogP contribution in [0.5, 0.6) is 0 Å². The molecule has 0 bridgehead atoms. The molecule has 106 valence electrons. The van der Waals surface area contributed by atoms with E-state index in [-0.39, 0.29) is 5.41 Å². The van der Waals surface area contributed by atoms with Crippen LogP contribution in [0.4, 0.5) is 0 Å². The third-order valence-corrected chi connectivity index (χ3v) is 3.35. The van der Waals surface area contributed by atoms with Crippen LogP contribution in [0.2, 0.25) is 0 Å². The van der Waals surface area contributed by atoms with Crippen molar-refractivity contribution in [2.75, 3.05) is 6.54 Å². The Morgan fingerprint density at radius 2 is 2.16 bits per heavy atom. The number of hydrogen-bond donors (Lipinski definition) is 1. The quantitative estimate of drug-likeness (QED) is 0.733. The first-order valence-electron chi connectivity index (χ1n) is 7.12. The molecule has 0 amide bonds. The van der Waals surface area contributed by atoms with Gasteiger partial charge >= 0.3 is 0 Å². The Balaban J connectivity index is 2.19. The van der Waals surface area contributed by atoms with Gasteiger partial charge in [-0.05, 0) is 39.7 Å². The Labute approximate surface area is 116 Å². The monoisotopic (exact) mass is 262 g/mol. The lowest BCUT2D eigenvalue weighted by Crippen LogP contribution is -2.16. The van der Waals surface area contributed by atoms with E-state index >= 15 is 0 Å². The van der Waals surface area contributed by atoms with Crippen LogP contribution < -0.4 is 5.32 Å². The molecular formula is C15H26N4. The molecular weight excluding hydrogens is 236 g/mol. The van der Waals surface area contributed by atoms with Gasteiger partial charge in [0.25, 0.3) is 0 Å². The van der Waals surface area contributed by atoms with Crippen molar-refractivity contribution in [3.8, 4) is 6.07 Å². The SMILES string of the molecule is CCc1nn(C)cc1CNCCCCC(C)(C)C#N. The Hall–Kier alpha value is -1.34. The van der Waals surface area contributed by atoms with Crippen molar-refractivity contribution in [3.05, 3.63) is 17.5 Å². The first kappa shape index (κ1) is 15.7. The topological polar surface area (TPSA) is 53.6 Å². The second-order valence-electron chi connectivity index (χ2n) is 5.76. The molecule has 0 aromatic carbocycles. The molecule has 1 heterocycles. The molecule has 1 aromatic heterocycles. The molecule has 0 aliphatic carbocycles. The van der Waals surface area contributed by atoms with Crippen LogP contribution in [-0.4, -0.2) is 16.3 Å². The highest BCUT2D eigenvalue weighted by molar-refractivity contribution is 5.16. The summed E-state index contributed by atoms with van der Waals surface area (Å²) in [6.45, 7) is 8.03. The van der Waals surface area contributed by atoms with E-state index in [1.54, 1.807) is 0 Å². The van der Waals surface area contributed by atoms with Gasteiger partial charge in [-0.15, -0.1) is 0 Å². The predicted octanol–water partition coefficient (Wildman–Crippen LogP) is 2.79. The van der Waals surface area contributed by atoms with E-state index in [2.05, 4.69) is 29.6 Å². The smallest absolute Gasteiger partial charge is 0.0683 e. The molecule has 0 saturated carbocycles. The molecule has 0 spiro atoms. The third-order valence-electron chi connectivity index (χ3n) is 3.35. The summed E-state index contributed by atoms with van der Waals surface area (Å²) in [5, 5.41) is 16.8. The molecule has 0 fully saturated rings. The zero-order valence-electron chi connectivity index (χ0n) is 12.7. The van der Waals surface area contributed by atoms with Gasteiger partial charge in [-0.25, -0.2) is 0 Å². The van der Waals surface area contributed by atoms with E-state index in [9.17, 15) is 0 Å². The minimum atomic E-state index is -0.182. The molecule has 0 atom stereocenters. The van der Waals surface area contributed by atoms with Crippen LogP contribution in [0.25, 0.3) is 0 Å². The second-order valence-corrected chi connectivity index (χ2v) is 5.76. The molecule has 4 heteroatoms. The number of nitrogens with zero attached hydrogens (tertiary/aromatic N) is 3. The zero-order chi connectivity index (χ0) is 14.3. The molecule has 0 unspecified atom stereocenters. The maximum Gasteiger partial charge on any atom is 0.0683 e. The van der Waals surface area contributed by atoms with Crippen LogP contribution in [0, 0.1) is 16.7 Å². The number of nitriles is 1. The van der Waals surface area contributed by atoms with Crippen LogP contribution >= 0.6 is 0 Å². The van der Waals surface area contributed by atoms with Gasteiger partial charge in [0.2, 0.25) is 0 Å². The van der Waals surface area contributed by atoms with Crippen LogP contribution in [0.15, 0.2) is 6.20 Å². The fourth-order valence-electron chi connectivity index (χ4n) is 2.12. The Kier molecular flexibility index (Phi) is 6.04. The van der Waals surface area contributed by atoms with Crippen LogP contribution in [-0.2, 0) is 20.0 Å². The molecule has 1 rings (SSSR count). The van der Waals surface area contributed by atoms with Gasteiger partial charge in [-0.3, -0.25) is 4.68 Å².